The zero-order valence-corrected chi connectivity index (χ0v) is 28.1. The van der Waals surface area contributed by atoms with Crippen LogP contribution in [0.3, 0.4) is 0 Å². The summed E-state index contributed by atoms with van der Waals surface area (Å²) >= 11 is 0. The van der Waals surface area contributed by atoms with Gasteiger partial charge in [-0.05, 0) is 30.9 Å². The second-order valence-corrected chi connectivity index (χ2v) is 23.6. The van der Waals surface area contributed by atoms with Crippen LogP contribution in [0.5, 0.6) is 0 Å². The largest absolute Gasteiger partial charge is 2.00 e. The molecule has 0 saturated carbocycles. The third-order valence-corrected chi connectivity index (χ3v) is 6.75. The summed E-state index contributed by atoms with van der Waals surface area (Å²) in [5.41, 5.74) is 0. The van der Waals surface area contributed by atoms with E-state index in [2.05, 4.69) is 125 Å². The molecule has 0 saturated heterocycles. The van der Waals surface area contributed by atoms with E-state index in [1.54, 1.807) is 0 Å². The predicted molar refractivity (Wildman–Crippen MR) is 143 cm³/mol. The minimum atomic E-state index is 0. The average molecular weight is 583 g/mol. The van der Waals surface area contributed by atoms with Gasteiger partial charge in [0.1, 0.15) is 0 Å². The number of rotatable bonds is 0. The van der Waals surface area contributed by atoms with Crippen LogP contribution in [0.4, 0.5) is 0 Å². The smallest absolute Gasteiger partial charge is 1.00 e. The van der Waals surface area contributed by atoms with E-state index in [0.717, 1.165) is 25.7 Å². The molecule has 0 aromatic rings. The van der Waals surface area contributed by atoms with Crippen molar-refractivity contribution in [3.63, 3.8) is 0 Å². The molecule has 0 spiro atoms. The number of hydrogen-bond donors (Lipinski definition) is 0. The minimum Gasteiger partial charge on any atom is -1.00 e. The Morgan fingerprint density at radius 1 is 0.267 bits per heavy atom. The number of hydrogen-bond acceptors (Lipinski definition) is 0. The second kappa shape index (κ2) is 16.4. The number of halogens is 2. The van der Waals surface area contributed by atoms with Gasteiger partial charge in [-0.3, -0.25) is 0 Å². The Labute approximate surface area is 210 Å². The molecule has 0 unspecified atom stereocenters. The summed E-state index contributed by atoms with van der Waals surface area (Å²) < 4.78 is 0. The molecule has 0 aromatic carbocycles. The van der Waals surface area contributed by atoms with Gasteiger partial charge >= 0.3 is 20.4 Å². The molecule has 0 nitrogen and oxygen atoms in total. The van der Waals surface area contributed by atoms with Crippen molar-refractivity contribution in [3.05, 3.63) is 0 Å². The molecule has 0 fully saturated rings. The molecular formula is C24H57F2P3Pd. The maximum atomic E-state index is 2.30. The van der Waals surface area contributed by atoms with Gasteiger partial charge in [-0.1, -0.05) is 125 Å². The summed E-state index contributed by atoms with van der Waals surface area (Å²) in [7, 11) is 3.15. The molecule has 0 radical (unpaired) electrons. The molecule has 192 valence electrons. The molecule has 0 heterocycles. The fourth-order valence-electron chi connectivity index (χ4n) is 3.38. The van der Waals surface area contributed by atoms with Gasteiger partial charge in [0, 0.05) is 0 Å². The van der Waals surface area contributed by atoms with Crippen molar-refractivity contribution in [1.29, 1.82) is 0 Å². The van der Waals surface area contributed by atoms with Crippen LogP contribution in [0.1, 0.15) is 125 Å². The van der Waals surface area contributed by atoms with Gasteiger partial charge in [-0.25, -0.2) is 0 Å². The van der Waals surface area contributed by atoms with Gasteiger partial charge in [-0.2, -0.15) is 0 Å². The molecular weight excluding hydrogens is 526 g/mol. The molecule has 0 aromatic heterocycles. The van der Waals surface area contributed by atoms with E-state index >= 15 is 0 Å². The van der Waals surface area contributed by atoms with Crippen molar-refractivity contribution in [2.45, 2.75) is 156 Å². The van der Waals surface area contributed by atoms with Gasteiger partial charge < -0.3 is 9.41 Å². The van der Waals surface area contributed by atoms with Crippen molar-refractivity contribution in [3.8, 4) is 0 Å². The summed E-state index contributed by atoms with van der Waals surface area (Å²) in [6.07, 6.45) is 0. The first kappa shape index (κ1) is 45.3. The molecule has 0 aliphatic carbocycles. The summed E-state index contributed by atoms with van der Waals surface area (Å²) in [6, 6.07) is 0. The fraction of sp³-hybridized carbons (Fsp3) is 1.00. The van der Waals surface area contributed by atoms with E-state index in [1.807, 2.05) is 0 Å². The van der Waals surface area contributed by atoms with Gasteiger partial charge in [0.15, 0.2) is 0 Å². The molecule has 0 rings (SSSR count). The normalized spacial score (nSPS) is 12.6. The molecule has 0 atom stereocenters. The Morgan fingerprint density at radius 2 is 0.333 bits per heavy atom. The SMILES string of the molecule is CC(C)(C)PC(C)(C)C.CC(C)(C)PC(C)(C)C.CC(C)(C)PC(C)(C)C.[F-].[F-].[Pd+2]. The van der Waals surface area contributed by atoms with Gasteiger partial charge in [0.05, 0.1) is 0 Å². The monoisotopic (exact) mass is 582 g/mol. The van der Waals surface area contributed by atoms with Gasteiger partial charge in [0.25, 0.3) is 0 Å². The quantitative estimate of drug-likeness (QED) is 0.301. The first-order chi connectivity index (χ1) is 11.1. The summed E-state index contributed by atoms with van der Waals surface area (Å²) in [5.74, 6) is 0. The van der Waals surface area contributed by atoms with Gasteiger partial charge in [0.2, 0.25) is 0 Å². The molecule has 0 aliphatic rings. The van der Waals surface area contributed by atoms with Crippen LogP contribution in [0.15, 0.2) is 0 Å². The second-order valence-electron chi connectivity index (χ2n) is 13.9. The Bertz CT molecular complexity index is 288. The predicted octanol–water partition coefficient (Wildman–Crippen LogP) is 3.79. The van der Waals surface area contributed by atoms with Crippen LogP contribution in [-0.4, -0.2) is 30.9 Å². The Hall–Kier alpha value is 1.81. The van der Waals surface area contributed by atoms with Crippen LogP contribution in [0.2, 0.25) is 0 Å². The van der Waals surface area contributed by atoms with Crippen LogP contribution < -0.4 is 9.41 Å². The van der Waals surface area contributed by atoms with E-state index in [4.69, 9.17) is 0 Å². The van der Waals surface area contributed by atoms with E-state index in [0.29, 0.717) is 30.9 Å². The first-order valence-electron chi connectivity index (χ1n) is 10.5. The minimum absolute atomic E-state index is 0. The van der Waals surface area contributed by atoms with Crippen LogP contribution in [-0.2, 0) is 20.4 Å². The zero-order valence-electron chi connectivity index (χ0n) is 23.6. The maximum Gasteiger partial charge on any atom is 2.00 e. The Kier molecular flexibility index (Phi) is 24.8. The summed E-state index contributed by atoms with van der Waals surface area (Å²) in [5, 5.41) is 3.07. The molecule has 0 amide bonds. The van der Waals surface area contributed by atoms with E-state index in [9.17, 15) is 0 Å². The zero-order chi connectivity index (χ0) is 23.1. The van der Waals surface area contributed by atoms with E-state index < -0.39 is 0 Å². The Balaban J connectivity index is -0.0000000686. The molecule has 6 heteroatoms. The van der Waals surface area contributed by atoms with E-state index in [-0.39, 0.29) is 29.8 Å². The van der Waals surface area contributed by atoms with Crippen molar-refractivity contribution in [2.75, 3.05) is 0 Å². The summed E-state index contributed by atoms with van der Waals surface area (Å²) in [6.45, 7) is 41.4. The van der Waals surface area contributed by atoms with Crippen LogP contribution >= 0.6 is 25.7 Å². The van der Waals surface area contributed by atoms with Gasteiger partial charge in [-0.15, -0.1) is 25.7 Å². The van der Waals surface area contributed by atoms with E-state index in [1.165, 1.54) is 0 Å². The van der Waals surface area contributed by atoms with Crippen molar-refractivity contribution in [1.82, 2.24) is 0 Å². The fourth-order valence-corrected chi connectivity index (χ4v) is 10.1. The Morgan fingerprint density at radius 3 is 0.333 bits per heavy atom. The third kappa shape index (κ3) is 63.0. The molecule has 0 aliphatic heterocycles. The first-order valence-corrected chi connectivity index (χ1v) is 13.5. The van der Waals surface area contributed by atoms with Crippen molar-refractivity contribution < 1.29 is 29.8 Å². The third-order valence-electron chi connectivity index (χ3n) is 2.25. The maximum absolute atomic E-state index is 2.30. The molecule has 0 bridgehead atoms. The van der Waals surface area contributed by atoms with Crippen LogP contribution in [0.25, 0.3) is 0 Å². The average Bonchev–Trinajstić information content (AvgIpc) is 1.96. The molecule has 0 N–H and O–H groups in total. The summed E-state index contributed by atoms with van der Waals surface area (Å²) in [4.78, 5) is 0. The standard InChI is InChI=1S/3C8H19P.2FH.Pd/c3*1-7(2,3)9-8(4,5)6;;;/h3*9H,1-6H3;2*1H;/q;;;;;+2/p-2. The van der Waals surface area contributed by atoms with Crippen LogP contribution in [0, 0.1) is 0 Å². The topological polar surface area (TPSA) is 0 Å². The van der Waals surface area contributed by atoms with Crippen molar-refractivity contribution >= 4 is 25.7 Å². The molecule has 30 heavy (non-hydrogen) atoms. The van der Waals surface area contributed by atoms with Crippen molar-refractivity contribution in [2.24, 2.45) is 0 Å².